The molecule has 1 N–H and O–H groups in total. The van der Waals surface area contributed by atoms with E-state index in [1.807, 2.05) is 0 Å². The second-order valence-corrected chi connectivity index (χ2v) is 2.93. The molecule has 0 aromatic carbocycles. The molecule has 0 radical (unpaired) electrons. The van der Waals surface area contributed by atoms with Crippen molar-refractivity contribution in [3.05, 3.63) is 12.7 Å². The number of aliphatic hydroxyl groups is 1. The van der Waals surface area contributed by atoms with Crippen molar-refractivity contribution in [2.75, 3.05) is 6.79 Å². The molecule has 2 nitrogen and oxygen atoms in total. The fraction of sp³-hybridized carbons (Fsp3) is 0.714. The Kier molecular flexibility index (Phi) is 3.94. The molecular weight excluding hydrogens is 152 g/mol. The lowest BCUT2D eigenvalue weighted by atomic mass is 10.0. The van der Waals surface area contributed by atoms with E-state index in [4.69, 9.17) is 21.4 Å². The molecule has 0 aliphatic heterocycles. The predicted octanol–water partition coefficient (Wildman–Crippen LogP) is 1.52. The highest BCUT2D eigenvalue weighted by molar-refractivity contribution is 6.21. The Morgan fingerprint density at radius 1 is 1.90 bits per heavy atom. The van der Waals surface area contributed by atoms with Gasteiger partial charge in [-0.2, -0.15) is 0 Å². The fourth-order valence-electron chi connectivity index (χ4n) is 0.475. The van der Waals surface area contributed by atoms with Gasteiger partial charge in [-0.05, 0) is 13.8 Å². The van der Waals surface area contributed by atoms with E-state index in [1.165, 1.54) is 0 Å². The molecule has 10 heavy (non-hydrogen) atoms. The van der Waals surface area contributed by atoms with Crippen molar-refractivity contribution in [2.24, 2.45) is 0 Å². The van der Waals surface area contributed by atoms with Crippen LogP contribution in [0.1, 0.15) is 13.8 Å². The molecule has 0 heterocycles. The molecule has 0 saturated carbocycles. The molecule has 0 spiro atoms. The summed E-state index contributed by atoms with van der Waals surface area (Å²) < 4.78 is 4.95. The minimum Gasteiger partial charge on any atom is -0.371 e. The Balaban J connectivity index is 4.08. The molecule has 0 aliphatic rings. The summed E-state index contributed by atoms with van der Waals surface area (Å²) in [6.07, 6.45) is 1.58. The molecular formula is C7H13ClO2. The summed E-state index contributed by atoms with van der Waals surface area (Å²) in [5.41, 5.74) is -0.629. The van der Waals surface area contributed by atoms with Crippen molar-refractivity contribution in [1.82, 2.24) is 0 Å². The Morgan fingerprint density at radius 2 is 2.40 bits per heavy atom. The molecule has 0 aliphatic carbocycles. The van der Waals surface area contributed by atoms with E-state index in [-0.39, 0.29) is 12.2 Å². The Bertz CT molecular complexity index is 114. The Labute approximate surface area is 66.5 Å². The molecule has 0 bridgehead atoms. The normalized spacial score (nSPS) is 19.6. The number of aliphatic hydroxyl groups excluding tert-OH is 1. The van der Waals surface area contributed by atoms with Crippen LogP contribution in [0.15, 0.2) is 12.7 Å². The highest BCUT2D eigenvalue weighted by Gasteiger charge is 2.26. The van der Waals surface area contributed by atoms with Gasteiger partial charge in [0.1, 0.15) is 12.4 Å². The zero-order valence-corrected chi connectivity index (χ0v) is 7.06. The van der Waals surface area contributed by atoms with Gasteiger partial charge in [0.2, 0.25) is 0 Å². The number of halogens is 1. The predicted molar refractivity (Wildman–Crippen MR) is 42.1 cm³/mol. The van der Waals surface area contributed by atoms with Gasteiger partial charge in [0.25, 0.3) is 0 Å². The topological polar surface area (TPSA) is 29.5 Å². The van der Waals surface area contributed by atoms with E-state index in [2.05, 4.69) is 6.58 Å². The van der Waals surface area contributed by atoms with Gasteiger partial charge >= 0.3 is 0 Å². The van der Waals surface area contributed by atoms with E-state index in [9.17, 15) is 0 Å². The molecule has 2 unspecified atom stereocenters. The van der Waals surface area contributed by atoms with Crippen LogP contribution < -0.4 is 0 Å². The summed E-state index contributed by atoms with van der Waals surface area (Å²) in [5, 5.41) is 8.26. The maximum absolute atomic E-state index is 8.45. The molecule has 60 valence electrons. The molecule has 0 fully saturated rings. The summed E-state index contributed by atoms with van der Waals surface area (Å²) >= 11 is 5.76. The molecule has 0 aromatic heterocycles. The first-order valence-corrected chi connectivity index (χ1v) is 3.53. The molecule has 3 heteroatoms. The van der Waals surface area contributed by atoms with Crippen LogP contribution in [0.4, 0.5) is 0 Å². The smallest absolute Gasteiger partial charge is 0.144 e. The van der Waals surface area contributed by atoms with Crippen LogP contribution in [-0.2, 0) is 4.74 Å². The van der Waals surface area contributed by atoms with Gasteiger partial charge < -0.3 is 9.84 Å². The van der Waals surface area contributed by atoms with Crippen molar-refractivity contribution in [1.29, 1.82) is 0 Å². The number of hydrogen-bond donors (Lipinski definition) is 1. The lowest BCUT2D eigenvalue weighted by molar-refractivity contribution is -0.0813. The van der Waals surface area contributed by atoms with E-state index in [0.29, 0.717) is 0 Å². The second kappa shape index (κ2) is 3.96. The summed E-state index contributed by atoms with van der Waals surface area (Å²) in [7, 11) is 0. The highest BCUT2D eigenvalue weighted by atomic mass is 35.5. The van der Waals surface area contributed by atoms with Gasteiger partial charge in [0.05, 0.1) is 5.38 Å². The van der Waals surface area contributed by atoms with E-state index < -0.39 is 5.60 Å². The van der Waals surface area contributed by atoms with Gasteiger partial charge in [-0.25, -0.2) is 0 Å². The number of ether oxygens (including phenoxy) is 1. The van der Waals surface area contributed by atoms with Crippen molar-refractivity contribution >= 4 is 11.6 Å². The van der Waals surface area contributed by atoms with Crippen LogP contribution >= 0.6 is 11.6 Å². The average Bonchev–Trinajstić information content (AvgIpc) is 1.88. The Hall–Kier alpha value is -0.0500. The van der Waals surface area contributed by atoms with Crippen LogP contribution in [0, 0.1) is 0 Å². The number of rotatable bonds is 4. The average molecular weight is 165 g/mol. The van der Waals surface area contributed by atoms with E-state index in [1.54, 1.807) is 19.9 Å². The first kappa shape index (κ1) is 9.95. The summed E-state index contributed by atoms with van der Waals surface area (Å²) in [4.78, 5) is 0. The first-order chi connectivity index (χ1) is 4.56. The monoisotopic (exact) mass is 164 g/mol. The van der Waals surface area contributed by atoms with E-state index >= 15 is 0 Å². The van der Waals surface area contributed by atoms with Gasteiger partial charge in [-0.3, -0.25) is 0 Å². The van der Waals surface area contributed by atoms with Crippen molar-refractivity contribution in [3.8, 4) is 0 Å². The fourth-order valence-corrected chi connectivity index (χ4v) is 0.627. The van der Waals surface area contributed by atoms with Crippen molar-refractivity contribution in [3.63, 3.8) is 0 Å². The summed E-state index contributed by atoms with van der Waals surface area (Å²) in [6, 6.07) is 0. The van der Waals surface area contributed by atoms with Crippen LogP contribution in [0.2, 0.25) is 0 Å². The summed E-state index contributed by atoms with van der Waals surface area (Å²) in [6.45, 7) is 6.78. The van der Waals surface area contributed by atoms with Gasteiger partial charge in [-0.1, -0.05) is 6.08 Å². The maximum atomic E-state index is 8.45. The summed E-state index contributed by atoms with van der Waals surface area (Å²) in [5.74, 6) is 0. The molecule has 0 amide bonds. The minimum atomic E-state index is -0.629. The van der Waals surface area contributed by atoms with Crippen LogP contribution in [0.5, 0.6) is 0 Å². The third kappa shape index (κ3) is 2.29. The van der Waals surface area contributed by atoms with Crippen LogP contribution in [-0.4, -0.2) is 22.9 Å². The van der Waals surface area contributed by atoms with Crippen molar-refractivity contribution < 1.29 is 9.84 Å². The van der Waals surface area contributed by atoms with E-state index in [0.717, 1.165) is 0 Å². The van der Waals surface area contributed by atoms with Crippen molar-refractivity contribution in [2.45, 2.75) is 24.8 Å². The zero-order valence-electron chi connectivity index (χ0n) is 6.30. The minimum absolute atomic E-state index is 0.197. The standard InChI is InChI=1S/C7H13ClO2/c1-4-7(3,6(2)8)10-5-9/h4,6,9H,1,5H2,2-3H3. The third-order valence-electron chi connectivity index (χ3n) is 1.57. The lowest BCUT2D eigenvalue weighted by Gasteiger charge is -2.27. The second-order valence-electron chi connectivity index (χ2n) is 2.28. The highest BCUT2D eigenvalue weighted by Crippen LogP contribution is 2.20. The first-order valence-electron chi connectivity index (χ1n) is 3.09. The molecule has 0 saturated heterocycles. The number of alkyl halides is 1. The van der Waals surface area contributed by atoms with Crippen LogP contribution in [0.3, 0.4) is 0 Å². The third-order valence-corrected chi connectivity index (χ3v) is 2.00. The lowest BCUT2D eigenvalue weighted by Crippen LogP contribution is -2.35. The molecule has 2 atom stereocenters. The van der Waals surface area contributed by atoms with Gasteiger partial charge in [0, 0.05) is 0 Å². The van der Waals surface area contributed by atoms with Crippen LogP contribution in [0.25, 0.3) is 0 Å². The zero-order chi connectivity index (χ0) is 8.20. The SMILES string of the molecule is C=CC(C)(OCO)C(C)Cl. The maximum Gasteiger partial charge on any atom is 0.144 e. The molecule has 0 aromatic rings. The quantitative estimate of drug-likeness (QED) is 0.388. The largest absolute Gasteiger partial charge is 0.371 e. The molecule has 0 rings (SSSR count). The van der Waals surface area contributed by atoms with Gasteiger partial charge in [0.15, 0.2) is 0 Å². The number of hydrogen-bond acceptors (Lipinski definition) is 2. The Morgan fingerprint density at radius 3 is 2.50 bits per heavy atom. The van der Waals surface area contributed by atoms with Gasteiger partial charge in [-0.15, -0.1) is 18.2 Å².